The number of nitrogens with two attached hydrogens (primary N) is 1. The van der Waals surface area contributed by atoms with Gasteiger partial charge in [0.1, 0.15) is 22.7 Å². The second-order valence-corrected chi connectivity index (χ2v) is 8.65. The van der Waals surface area contributed by atoms with Crippen molar-refractivity contribution in [2.75, 3.05) is 33.0 Å². The van der Waals surface area contributed by atoms with Crippen molar-refractivity contribution >= 4 is 33.7 Å². The summed E-state index contributed by atoms with van der Waals surface area (Å²) >= 11 is 0. The van der Waals surface area contributed by atoms with E-state index >= 15 is 0 Å². The summed E-state index contributed by atoms with van der Waals surface area (Å²) in [5, 5.41) is 22.6. The van der Waals surface area contributed by atoms with Crippen molar-refractivity contribution < 1.29 is 29.0 Å². The Morgan fingerprint density at radius 3 is 2.42 bits per heavy atom. The third-order valence-electron chi connectivity index (χ3n) is 6.72. The fourth-order valence-electron chi connectivity index (χ4n) is 5.09. The number of furan rings is 1. The molecule has 1 fully saturated rings. The zero-order valence-corrected chi connectivity index (χ0v) is 19.7. The van der Waals surface area contributed by atoms with Crippen LogP contribution in [0.25, 0.3) is 21.7 Å². The number of hydrogen-bond donors (Lipinski definition) is 3. The summed E-state index contributed by atoms with van der Waals surface area (Å²) in [6.07, 6.45) is 3.33. The van der Waals surface area contributed by atoms with E-state index in [1.54, 1.807) is 30.3 Å². The normalized spacial score (nSPS) is 15.3. The predicted molar refractivity (Wildman–Crippen MR) is 131 cm³/mol. The van der Waals surface area contributed by atoms with E-state index in [4.69, 9.17) is 14.9 Å². The summed E-state index contributed by atoms with van der Waals surface area (Å²) in [7, 11) is 0. The Bertz CT molecular complexity index is 1440. The highest BCUT2D eigenvalue weighted by Crippen LogP contribution is 2.47. The van der Waals surface area contributed by atoms with Gasteiger partial charge in [-0.3, -0.25) is 9.88 Å². The Kier molecular flexibility index (Phi) is 6.21. The summed E-state index contributed by atoms with van der Waals surface area (Å²) in [4.78, 5) is 32.6. The van der Waals surface area contributed by atoms with Gasteiger partial charge in [0.25, 0.3) is 0 Å². The molecule has 3 heterocycles. The molecule has 2 aromatic heterocycles. The molecule has 10 heteroatoms. The molecule has 1 aliphatic rings. The van der Waals surface area contributed by atoms with Crippen LogP contribution >= 0.6 is 0 Å². The number of hydrogen-bond acceptors (Lipinski definition) is 8. The number of benzene rings is 2. The highest BCUT2D eigenvalue weighted by atomic mass is 16.6. The summed E-state index contributed by atoms with van der Waals surface area (Å²) in [6, 6.07) is 9.98. The number of nitrogens with zero attached hydrogens (tertiary/aromatic N) is 3. The molecule has 2 aromatic carbocycles. The van der Waals surface area contributed by atoms with Crippen LogP contribution in [-0.4, -0.2) is 70.0 Å². The number of primary amides is 1. The van der Waals surface area contributed by atoms with Crippen LogP contribution in [0.1, 0.15) is 33.3 Å². The minimum Gasteiger partial charge on any atom is -0.507 e. The quantitative estimate of drug-likeness (QED) is 0.286. The lowest BCUT2D eigenvalue weighted by atomic mass is 9.89. The van der Waals surface area contributed by atoms with Crippen molar-refractivity contribution in [1.29, 1.82) is 0 Å². The topological polar surface area (TPSA) is 142 Å². The smallest absolute Gasteiger partial charge is 0.344 e. The van der Waals surface area contributed by atoms with Gasteiger partial charge in [-0.15, -0.1) is 0 Å². The number of phenols is 1. The molecule has 4 N–H and O–H groups in total. The van der Waals surface area contributed by atoms with Gasteiger partial charge in [-0.05, 0) is 24.6 Å². The lowest BCUT2D eigenvalue weighted by molar-refractivity contribution is 0.00684. The Labute approximate surface area is 206 Å². The maximum Gasteiger partial charge on any atom is 0.344 e. The molecule has 36 heavy (non-hydrogen) atoms. The van der Waals surface area contributed by atoms with E-state index in [-0.39, 0.29) is 11.3 Å². The van der Waals surface area contributed by atoms with E-state index in [0.717, 1.165) is 5.56 Å². The number of phenolic OH excluding ortho intramolecular Hbond substituents is 1. The van der Waals surface area contributed by atoms with E-state index in [2.05, 4.69) is 9.88 Å². The first-order valence-electron chi connectivity index (χ1n) is 11.5. The molecule has 1 aliphatic heterocycles. The van der Waals surface area contributed by atoms with Crippen LogP contribution in [-0.2, 0) is 4.74 Å². The van der Waals surface area contributed by atoms with Gasteiger partial charge in [0, 0.05) is 60.3 Å². The number of aromatic hydroxyl groups is 1. The van der Waals surface area contributed by atoms with Crippen LogP contribution in [0.4, 0.5) is 4.79 Å². The van der Waals surface area contributed by atoms with Gasteiger partial charge < -0.3 is 30.0 Å². The maximum atomic E-state index is 13.0. The summed E-state index contributed by atoms with van der Waals surface area (Å²) in [5.41, 5.74) is 7.39. The zero-order valence-electron chi connectivity index (χ0n) is 19.7. The van der Waals surface area contributed by atoms with Crippen LogP contribution in [0.5, 0.6) is 5.75 Å². The van der Waals surface area contributed by atoms with Gasteiger partial charge >= 0.3 is 12.0 Å². The number of pyridine rings is 1. The molecule has 1 unspecified atom stereocenters. The van der Waals surface area contributed by atoms with Crippen molar-refractivity contribution in [3.8, 4) is 5.75 Å². The van der Waals surface area contributed by atoms with Crippen molar-refractivity contribution in [3.63, 3.8) is 0 Å². The predicted octanol–water partition coefficient (Wildman–Crippen LogP) is 2.89. The van der Waals surface area contributed by atoms with Crippen LogP contribution < -0.4 is 5.73 Å². The zero-order chi connectivity index (χ0) is 25.4. The number of aliphatic hydroxyl groups excluding tert-OH is 1. The van der Waals surface area contributed by atoms with Gasteiger partial charge in [-0.1, -0.05) is 24.3 Å². The Balaban J connectivity index is 1.81. The fourth-order valence-corrected chi connectivity index (χ4v) is 5.09. The molecular formula is C26H26N4O6. The number of carbonyl (C=O) groups excluding carboxylic acids is 2. The molecule has 1 atom stereocenters. The van der Waals surface area contributed by atoms with Crippen LogP contribution in [0.2, 0.25) is 0 Å². The molecule has 5 rings (SSSR count). The van der Waals surface area contributed by atoms with Crippen LogP contribution in [0, 0.1) is 6.92 Å². The molecule has 0 radical (unpaired) electrons. The molecule has 1 saturated heterocycles. The molecular weight excluding hydrogens is 464 g/mol. The summed E-state index contributed by atoms with van der Waals surface area (Å²) in [5.74, 6) is -0.430. The van der Waals surface area contributed by atoms with E-state index in [1.165, 1.54) is 0 Å². The molecule has 186 valence electrons. The van der Waals surface area contributed by atoms with E-state index in [0.29, 0.717) is 59.2 Å². The molecule has 2 amide bonds. The van der Waals surface area contributed by atoms with Crippen molar-refractivity contribution in [2.45, 2.75) is 13.0 Å². The minimum atomic E-state index is -0.789. The fraction of sp³-hybridized carbons (Fsp3) is 0.269. The number of amides is 2. The van der Waals surface area contributed by atoms with Crippen molar-refractivity contribution in [1.82, 2.24) is 14.8 Å². The number of rotatable bonds is 5. The number of esters is 1. The number of fused-ring (bicyclic) bond motifs is 3. The third-order valence-corrected chi connectivity index (χ3v) is 6.72. The first kappa shape index (κ1) is 23.6. The molecule has 0 spiro atoms. The number of urea groups is 1. The first-order valence-corrected chi connectivity index (χ1v) is 11.5. The van der Waals surface area contributed by atoms with Gasteiger partial charge in [0.05, 0.1) is 6.04 Å². The standard InChI is InChI=1S/C26H26N4O6/c1-15-19(25(33)35-14-31)20-21(23(32)17-4-2-3-5-18(17)24(20)36-15)22(16-6-8-28-9-7-16)29-10-12-30(13-11-29)26(27)34/h2-9,22,31-32H,10-14H2,1H3,(H2,27,34). The highest BCUT2D eigenvalue weighted by Gasteiger charge is 2.35. The average molecular weight is 491 g/mol. The maximum absolute atomic E-state index is 13.0. The minimum absolute atomic E-state index is 0.0103. The monoisotopic (exact) mass is 490 g/mol. The third kappa shape index (κ3) is 3.90. The molecule has 10 nitrogen and oxygen atoms in total. The number of carbonyl (C=O) groups is 2. The lowest BCUT2D eigenvalue weighted by Crippen LogP contribution is -2.51. The van der Waals surface area contributed by atoms with Crippen LogP contribution in [0.3, 0.4) is 0 Å². The molecule has 0 bridgehead atoms. The number of aliphatic hydroxyl groups is 1. The van der Waals surface area contributed by atoms with Gasteiger partial charge in [0.15, 0.2) is 6.79 Å². The summed E-state index contributed by atoms with van der Waals surface area (Å²) < 4.78 is 11.1. The second kappa shape index (κ2) is 9.48. The number of aromatic nitrogens is 1. The molecule has 0 aliphatic carbocycles. The second-order valence-electron chi connectivity index (χ2n) is 8.65. The lowest BCUT2D eigenvalue weighted by Gasteiger charge is -2.39. The van der Waals surface area contributed by atoms with E-state index in [1.807, 2.05) is 30.3 Å². The Morgan fingerprint density at radius 1 is 1.11 bits per heavy atom. The van der Waals surface area contributed by atoms with Crippen molar-refractivity contribution in [3.05, 3.63) is 71.2 Å². The number of ether oxygens (including phenoxy) is 1. The number of piperazine rings is 1. The van der Waals surface area contributed by atoms with Gasteiger partial charge in [-0.25, -0.2) is 9.59 Å². The SMILES string of the molecule is Cc1oc2c(c1C(=O)OCO)c(C(c1ccncc1)N1CCN(C(N)=O)CC1)c(O)c1ccccc12. The van der Waals surface area contributed by atoms with E-state index < -0.39 is 24.8 Å². The Hall–Kier alpha value is -4.15. The highest BCUT2D eigenvalue weighted by molar-refractivity contribution is 6.16. The number of aryl methyl sites for hydroxylation is 1. The average Bonchev–Trinajstić information content (AvgIpc) is 3.24. The Morgan fingerprint density at radius 2 is 1.78 bits per heavy atom. The van der Waals surface area contributed by atoms with Gasteiger partial charge in [-0.2, -0.15) is 0 Å². The van der Waals surface area contributed by atoms with Gasteiger partial charge in [0.2, 0.25) is 0 Å². The summed E-state index contributed by atoms with van der Waals surface area (Å²) in [6.45, 7) is 2.66. The largest absolute Gasteiger partial charge is 0.507 e. The molecule has 4 aromatic rings. The molecule has 0 saturated carbocycles. The first-order chi connectivity index (χ1) is 17.4. The van der Waals surface area contributed by atoms with Crippen molar-refractivity contribution in [2.24, 2.45) is 5.73 Å². The van der Waals surface area contributed by atoms with E-state index in [9.17, 15) is 19.8 Å². The van der Waals surface area contributed by atoms with Crippen LogP contribution in [0.15, 0.2) is 53.2 Å².